The Balaban J connectivity index is 0.00000288. The Morgan fingerprint density at radius 1 is 1.42 bits per heavy atom. The minimum atomic E-state index is 0. The van der Waals surface area contributed by atoms with E-state index in [9.17, 15) is 0 Å². The highest BCUT2D eigenvalue weighted by atomic mass is 127. The fourth-order valence-electron chi connectivity index (χ4n) is 2.25. The summed E-state index contributed by atoms with van der Waals surface area (Å²) in [5.74, 6) is 2.41. The Kier molecular flexibility index (Phi) is 10.1. The molecule has 0 amide bonds. The molecule has 136 valence electrons. The van der Waals surface area contributed by atoms with E-state index in [0.29, 0.717) is 12.4 Å². The number of aromatic nitrogens is 1. The van der Waals surface area contributed by atoms with Crippen LogP contribution in [0.5, 0.6) is 5.88 Å². The second-order valence-electron chi connectivity index (χ2n) is 6.20. The van der Waals surface area contributed by atoms with Crippen molar-refractivity contribution in [2.45, 2.75) is 46.1 Å². The molecule has 0 bridgehead atoms. The van der Waals surface area contributed by atoms with Gasteiger partial charge in [-0.1, -0.05) is 13.3 Å². The molecular formula is C18H31IN4O. The van der Waals surface area contributed by atoms with Crippen LogP contribution in [-0.4, -0.2) is 42.6 Å². The molecule has 0 aliphatic heterocycles. The predicted octanol–water partition coefficient (Wildman–Crippen LogP) is 3.69. The largest absolute Gasteiger partial charge is 0.477 e. The van der Waals surface area contributed by atoms with Gasteiger partial charge in [-0.15, -0.1) is 24.0 Å². The lowest BCUT2D eigenvalue weighted by molar-refractivity contribution is 0.288. The molecule has 1 aromatic rings. The van der Waals surface area contributed by atoms with Crippen molar-refractivity contribution in [1.82, 2.24) is 15.2 Å². The first-order chi connectivity index (χ1) is 11.2. The molecule has 1 fully saturated rings. The Bertz CT molecular complexity index is 506. The standard InChI is InChI=1S/C18H30N4O.HI/c1-4-6-11-22(3)18(19-5-2)21-13-16-9-10-20-17(12-16)23-14-15-7-8-15;/h9-10,12,15H,4-8,11,13-14H2,1-3H3,(H,19,21);1H. The molecule has 6 heteroatoms. The third-order valence-corrected chi connectivity index (χ3v) is 3.92. The summed E-state index contributed by atoms with van der Waals surface area (Å²) in [6, 6.07) is 4.00. The molecule has 1 aliphatic rings. The monoisotopic (exact) mass is 446 g/mol. The lowest BCUT2D eigenvalue weighted by Crippen LogP contribution is -2.39. The van der Waals surface area contributed by atoms with Gasteiger partial charge < -0.3 is 15.0 Å². The van der Waals surface area contributed by atoms with Crippen molar-refractivity contribution in [1.29, 1.82) is 0 Å². The second kappa shape index (κ2) is 11.5. The number of hydrogen-bond donors (Lipinski definition) is 1. The summed E-state index contributed by atoms with van der Waals surface area (Å²) in [5.41, 5.74) is 1.13. The van der Waals surface area contributed by atoms with Gasteiger partial charge in [-0.3, -0.25) is 0 Å². The van der Waals surface area contributed by atoms with Gasteiger partial charge >= 0.3 is 0 Å². The van der Waals surface area contributed by atoms with Crippen molar-refractivity contribution < 1.29 is 4.74 Å². The summed E-state index contributed by atoms with van der Waals surface area (Å²) >= 11 is 0. The topological polar surface area (TPSA) is 49.8 Å². The van der Waals surface area contributed by atoms with Crippen LogP contribution in [-0.2, 0) is 6.54 Å². The fraction of sp³-hybridized carbons (Fsp3) is 0.667. The van der Waals surface area contributed by atoms with Crippen LogP contribution in [0.4, 0.5) is 0 Å². The Labute approximate surface area is 163 Å². The highest BCUT2D eigenvalue weighted by Gasteiger charge is 2.22. The number of nitrogens with one attached hydrogen (secondary N) is 1. The van der Waals surface area contributed by atoms with Gasteiger partial charge in [-0.05, 0) is 43.7 Å². The molecule has 1 aromatic heterocycles. The molecular weight excluding hydrogens is 415 g/mol. The Morgan fingerprint density at radius 2 is 2.21 bits per heavy atom. The van der Waals surface area contributed by atoms with E-state index in [1.165, 1.54) is 25.7 Å². The number of nitrogens with zero attached hydrogens (tertiary/aromatic N) is 3. The van der Waals surface area contributed by atoms with E-state index in [1.54, 1.807) is 6.20 Å². The van der Waals surface area contributed by atoms with E-state index in [2.05, 4.69) is 36.1 Å². The highest BCUT2D eigenvalue weighted by molar-refractivity contribution is 14.0. The zero-order valence-corrected chi connectivity index (χ0v) is 17.5. The van der Waals surface area contributed by atoms with Gasteiger partial charge in [0.25, 0.3) is 0 Å². The van der Waals surface area contributed by atoms with Crippen molar-refractivity contribution in [3.63, 3.8) is 0 Å². The molecule has 0 unspecified atom stereocenters. The molecule has 0 radical (unpaired) electrons. The van der Waals surface area contributed by atoms with E-state index in [4.69, 9.17) is 9.73 Å². The van der Waals surface area contributed by atoms with Crippen LogP contribution in [0.1, 0.15) is 45.1 Å². The average Bonchev–Trinajstić information content (AvgIpc) is 3.39. The summed E-state index contributed by atoms with van der Waals surface area (Å²) in [6.45, 7) is 7.64. The summed E-state index contributed by atoms with van der Waals surface area (Å²) in [5, 5.41) is 3.35. The lowest BCUT2D eigenvalue weighted by Gasteiger charge is -2.21. The van der Waals surface area contributed by atoms with E-state index < -0.39 is 0 Å². The smallest absolute Gasteiger partial charge is 0.213 e. The van der Waals surface area contributed by atoms with Gasteiger partial charge in [-0.2, -0.15) is 0 Å². The fourth-order valence-corrected chi connectivity index (χ4v) is 2.25. The number of halogens is 1. The SMILES string of the molecule is CCCCN(C)C(=NCc1ccnc(OCC2CC2)c1)NCC.I. The number of rotatable bonds is 9. The first-order valence-corrected chi connectivity index (χ1v) is 8.80. The predicted molar refractivity (Wildman–Crippen MR) is 110 cm³/mol. The van der Waals surface area contributed by atoms with Gasteiger partial charge in [0.1, 0.15) is 0 Å². The van der Waals surface area contributed by atoms with Crippen LogP contribution in [0.25, 0.3) is 0 Å². The highest BCUT2D eigenvalue weighted by Crippen LogP contribution is 2.29. The van der Waals surface area contributed by atoms with Crippen molar-refractivity contribution in [3.8, 4) is 5.88 Å². The molecule has 0 aromatic carbocycles. The van der Waals surface area contributed by atoms with Gasteiger partial charge in [-0.25, -0.2) is 9.98 Å². The molecule has 0 atom stereocenters. The number of hydrogen-bond acceptors (Lipinski definition) is 3. The molecule has 24 heavy (non-hydrogen) atoms. The number of guanidine groups is 1. The molecule has 1 heterocycles. The second-order valence-corrected chi connectivity index (χ2v) is 6.20. The molecule has 2 rings (SSSR count). The maximum atomic E-state index is 5.74. The first kappa shape index (κ1) is 21.0. The number of ether oxygens (including phenoxy) is 1. The number of pyridine rings is 1. The van der Waals surface area contributed by atoms with Crippen LogP contribution < -0.4 is 10.1 Å². The summed E-state index contributed by atoms with van der Waals surface area (Å²) < 4.78 is 5.74. The molecule has 0 spiro atoms. The van der Waals surface area contributed by atoms with Crippen molar-refractivity contribution >= 4 is 29.9 Å². The van der Waals surface area contributed by atoms with Crippen molar-refractivity contribution in [3.05, 3.63) is 23.9 Å². The third-order valence-electron chi connectivity index (χ3n) is 3.92. The van der Waals surface area contributed by atoms with Crippen LogP contribution in [0.3, 0.4) is 0 Å². The maximum Gasteiger partial charge on any atom is 0.213 e. The summed E-state index contributed by atoms with van der Waals surface area (Å²) in [7, 11) is 2.09. The molecule has 0 saturated heterocycles. The Morgan fingerprint density at radius 3 is 2.88 bits per heavy atom. The van der Waals surface area contributed by atoms with Gasteiger partial charge in [0.15, 0.2) is 5.96 Å². The molecule has 1 N–H and O–H groups in total. The molecule has 1 saturated carbocycles. The van der Waals surface area contributed by atoms with Gasteiger partial charge in [0.2, 0.25) is 5.88 Å². The lowest BCUT2D eigenvalue weighted by atomic mass is 10.2. The third kappa shape index (κ3) is 7.68. The van der Waals surface area contributed by atoms with Gasteiger partial charge in [0, 0.05) is 32.4 Å². The van der Waals surface area contributed by atoms with E-state index in [0.717, 1.165) is 37.1 Å². The van der Waals surface area contributed by atoms with Crippen LogP contribution in [0, 0.1) is 5.92 Å². The van der Waals surface area contributed by atoms with E-state index >= 15 is 0 Å². The zero-order valence-electron chi connectivity index (χ0n) is 15.1. The zero-order chi connectivity index (χ0) is 16.5. The van der Waals surface area contributed by atoms with Crippen LogP contribution >= 0.6 is 24.0 Å². The van der Waals surface area contributed by atoms with Crippen LogP contribution in [0.15, 0.2) is 23.3 Å². The number of unbranched alkanes of at least 4 members (excludes halogenated alkanes) is 1. The van der Waals surface area contributed by atoms with Gasteiger partial charge in [0.05, 0.1) is 13.2 Å². The van der Waals surface area contributed by atoms with E-state index in [1.807, 2.05) is 12.1 Å². The molecule has 5 nitrogen and oxygen atoms in total. The maximum absolute atomic E-state index is 5.74. The first-order valence-electron chi connectivity index (χ1n) is 8.80. The van der Waals surface area contributed by atoms with Crippen molar-refractivity contribution in [2.75, 3.05) is 26.7 Å². The minimum Gasteiger partial charge on any atom is -0.477 e. The molecule has 1 aliphatic carbocycles. The summed E-state index contributed by atoms with van der Waals surface area (Å²) in [6.07, 6.45) is 6.76. The van der Waals surface area contributed by atoms with Crippen LogP contribution in [0.2, 0.25) is 0 Å². The minimum absolute atomic E-state index is 0. The normalized spacial score (nSPS) is 14.0. The summed E-state index contributed by atoms with van der Waals surface area (Å²) in [4.78, 5) is 11.2. The van der Waals surface area contributed by atoms with Crippen molar-refractivity contribution in [2.24, 2.45) is 10.9 Å². The number of aliphatic imine (C=N–C) groups is 1. The quantitative estimate of drug-likeness (QED) is 0.357. The average molecular weight is 446 g/mol. The Hall–Kier alpha value is -1.05. The van der Waals surface area contributed by atoms with E-state index in [-0.39, 0.29) is 24.0 Å².